The fourth-order valence-electron chi connectivity index (χ4n) is 2.87. The first-order chi connectivity index (χ1) is 8.54. The molecule has 0 bridgehead atoms. The van der Waals surface area contributed by atoms with E-state index in [-0.39, 0.29) is 11.9 Å². The molecule has 100 valence electrons. The summed E-state index contributed by atoms with van der Waals surface area (Å²) in [6.45, 7) is 0.666. The lowest BCUT2D eigenvalue weighted by Gasteiger charge is -2.29. The van der Waals surface area contributed by atoms with E-state index in [4.69, 9.17) is 5.73 Å². The number of carbonyl (C=O) groups is 1. The average molecular weight is 314 g/mol. The SMILES string of the molecule is CN(C(=O)c1cc(Br)cn1C)C1CCCC1CN. The standard InChI is InChI=1S/C13H20BrN3O/c1-16-8-10(14)6-12(16)13(18)17(2)11-5-3-4-9(11)7-15/h6,8-9,11H,3-5,7,15H2,1-2H3. The van der Waals surface area contributed by atoms with E-state index in [1.54, 1.807) is 0 Å². The van der Waals surface area contributed by atoms with Gasteiger partial charge in [-0.15, -0.1) is 0 Å². The lowest BCUT2D eigenvalue weighted by molar-refractivity contribution is 0.0690. The van der Waals surface area contributed by atoms with Crippen LogP contribution in [0.3, 0.4) is 0 Å². The van der Waals surface area contributed by atoms with E-state index in [9.17, 15) is 4.79 Å². The van der Waals surface area contributed by atoms with Gasteiger partial charge in [0.05, 0.1) is 0 Å². The highest BCUT2D eigenvalue weighted by atomic mass is 79.9. The van der Waals surface area contributed by atoms with E-state index in [0.29, 0.717) is 18.2 Å². The number of carbonyl (C=O) groups excluding carboxylic acids is 1. The third-order valence-corrected chi connectivity index (χ3v) is 4.36. The maximum Gasteiger partial charge on any atom is 0.270 e. The topological polar surface area (TPSA) is 51.3 Å². The lowest BCUT2D eigenvalue weighted by atomic mass is 10.0. The monoisotopic (exact) mass is 313 g/mol. The van der Waals surface area contributed by atoms with Gasteiger partial charge in [-0.05, 0) is 47.3 Å². The largest absolute Gasteiger partial charge is 0.345 e. The number of halogens is 1. The van der Waals surface area contributed by atoms with Crippen LogP contribution in [0.5, 0.6) is 0 Å². The summed E-state index contributed by atoms with van der Waals surface area (Å²) in [5.74, 6) is 0.524. The fraction of sp³-hybridized carbons (Fsp3) is 0.615. The van der Waals surface area contributed by atoms with Crippen LogP contribution < -0.4 is 5.73 Å². The lowest BCUT2D eigenvalue weighted by Crippen LogP contribution is -2.42. The number of rotatable bonds is 3. The molecule has 1 saturated carbocycles. The highest BCUT2D eigenvalue weighted by molar-refractivity contribution is 9.10. The maximum atomic E-state index is 12.5. The summed E-state index contributed by atoms with van der Waals surface area (Å²) in [4.78, 5) is 14.3. The van der Waals surface area contributed by atoms with Gasteiger partial charge >= 0.3 is 0 Å². The minimum atomic E-state index is 0.0774. The summed E-state index contributed by atoms with van der Waals surface area (Å²) < 4.78 is 2.79. The Hall–Kier alpha value is -0.810. The predicted octanol–water partition coefficient (Wildman–Crippen LogP) is 1.99. The predicted molar refractivity (Wildman–Crippen MR) is 75.4 cm³/mol. The van der Waals surface area contributed by atoms with Crippen LogP contribution in [0.15, 0.2) is 16.7 Å². The van der Waals surface area contributed by atoms with Gasteiger partial charge in [0.15, 0.2) is 0 Å². The van der Waals surface area contributed by atoms with Crippen molar-refractivity contribution in [3.63, 3.8) is 0 Å². The van der Waals surface area contributed by atoms with Crippen molar-refractivity contribution in [3.05, 3.63) is 22.4 Å². The molecule has 18 heavy (non-hydrogen) atoms. The van der Waals surface area contributed by atoms with Crippen LogP contribution in [0.1, 0.15) is 29.8 Å². The van der Waals surface area contributed by atoms with Crippen molar-refractivity contribution in [2.45, 2.75) is 25.3 Å². The Morgan fingerprint density at radius 2 is 2.33 bits per heavy atom. The number of amides is 1. The molecule has 1 fully saturated rings. The molecule has 1 aromatic heterocycles. The van der Waals surface area contributed by atoms with Gasteiger partial charge in [0.25, 0.3) is 5.91 Å². The van der Waals surface area contributed by atoms with E-state index >= 15 is 0 Å². The normalized spacial score (nSPS) is 23.3. The molecule has 2 atom stereocenters. The van der Waals surface area contributed by atoms with Crippen LogP contribution in [-0.4, -0.2) is 35.0 Å². The molecule has 1 heterocycles. The Morgan fingerprint density at radius 3 is 2.89 bits per heavy atom. The van der Waals surface area contributed by atoms with Crippen LogP contribution in [0.2, 0.25) is 0 Å². The molecule has 1 aliphatic carbocycles. The van der Waals surface area contributed by atoms with Crippen molar-refractivity contribution in [2.75, 3.05) is 13.6 Å². The van der Waals surface area contributed by atoms with E-state index < -0.39 is 0 Å². The second-order valence-corrected chi connectivity index (χ2v) is 5.98. The van der Waals surface area contributed by atoms with Gasteiger partial charge in [0.2, 0.25) is 0 Å². The second kappa shape index (κ2) is 5.45. The molecule has 2 N–H and O–H groups in total. The quantitative estimate of drug-likeness (QED) is 0.927. The molecule has 2 rings (SSSR count). The Morgan fingerprint density at radius 1 is 1.61 bits per heavy atom. The van der Waals surface area contributed by atoms with Crippen LogP contribution in [0.25, 0.3) is 0 Å². The minimum absolute atomic E-state index is 0.0774. The average Bonchev–Trinajstić information content (AvgIpc) is 2.93. The van der Waals surface area contributed by atoms with Crippen molar-refractivity contribution in [1.29, 1.82) is 0 Å². The van der Waals surface area contributed by atoms with Crippen molar-refractivity contribution < 1.29 is 4.79 Å². The minimum Gasteiger partial charge on any atom is -0.345 e. The maximum absolute atomic E-state index is 12.5. The van der Waals surface area contributed by atoms with Crippen LogP contribution in [0, 0.1) is 5.92 Å². The summed E-state index contributed by atoms with van der Waals surface area (Å²) in [7, 11) is 3.78. The van der Waals surface area contributed by atoms with E-state index in [1.807, 2.05) is 35.8 Å². The zero-order chi connectivity index (χ0) is 13.3. The highest BCUT2D eigenvalue weighted by Gasteiger charge is 2.32. The van der Waals surface area contributed by atoms with Gasteiger partial charge in [-0.1, -0.05) is 6.42 Å². The molecule has 1 aliphatic rings. The van der Waals surface area contributed by atoms with Gasteiger partial charge in [-0.2, -0.15) is 0 Å². The Kier molecular flexibility index (Phi) is 4.12. The second-order valence-electron chi connectivity index (χ2n) is 5.06. The van der Waals surface area contributed by atoms with Crippen LogP contribution >= 0.6 is 15.9 Å². The number of nitrogens with two attached hydrogens (primary N) is 1. The summed E-state index contributed by atoms with van der Waals surface area (Å²) in [6, 6.07) is 2.15. The summed E-state index contributed by atoms with van der Waals surface area (Å²) in [5, 5.41) is 0. The first kappa shape index (κ1) is 13.6. The molecule has 0 saturated heterocycles. The smallest absolute Gasteiger partial charge is 0.270 e. The van der Waals surface area contributed by atoms with Gasteiger partial charge in [-0.3, -0.25) is 4.79 Å². The van der Waals surface area contributed by atoms with Crippen LogP contribution in [-0.2, 0) is 7.05 Å². The summed E-state index contributed by atoms with van der Waals surface area (Å²) in [5.41, 5.74) is 6.50. The Labute approximate surface area is 116 Å². The van der Waals surface area contributed by atoms with Crippen molar-refractivity contribution in [2.24, 2.45) is 18.7 Å². The zero-order valence-corrected chi connectivity index (χ0v) is 12.5. The summed E-state index contributed by atoms with van der Waals surface area (Å²) in [6.07, 6.45) is 5.27. The Balaban J connectivity index is 2.16. The molecule has 0 aliphatic heterocycles. The highest BCUT2D eigenvalue weighted by Crippen LogP contribution is 2.29. The van der Waals surface area contributed by atoms with E-state index in [0.717, 1.165) is 17.3 Å². The number of hydrogen-bond acceptors (Lipinski definition) is 2. The Bertz CT molecular complexity index is 443. The first-order valence-corrected chi connectivity index (χ1v) is 7.13. The van der Waals surface area contributed by atoms with Crippen molar-refractivity contribution in [3.8, 4) is 0 Å². The van der Waals surface area contributed by atoms with Gasteiger partial charge < -0.3 is 15.2 Å². The molecule has 5 heteroatoms. The molecule has 0 radical (unpaired) electrons. The molecule has 0 aromatic carbocycles. The van der Waals surface area contributed by atoms with E-state index in [1.165, 1.54) is 6.42 Å². The van der Waals surface area contributed by atoms with E-state index in [2.05, 4.69) is 15.9 Å². The molecule has 0 spiro atoms. The molecule has 2 unspecified atom stereocenters. The molecule has 1 amide bonds. The van der Waals surface area contributed by atoms with Gasteiger partial charge in [0.1, 0.15) is 5.69 Å². The zero-order valence-electron chi connectivity index (χ0n) is 10.9. The number of hydrogen-bond donors (Lipinski definition) is 1. The van der Waals surface area contributed by atoms with Crippen LogP contribution in [0.4, 0.5) is 0 Å². The molecular formula is C13H20BrN3O. The summed E-state index contributed by atoms with van der Waals surface area (Å²) >= 11 is 3.40. The number of aryl methyl sites for hydroxylation is 1. The molecule has 1 aromatic rings. The number of nitrogens with zero attached hydrogens (tertiary/aromatic N) is 2. The first-order valence-electron chi connectivity index (χ1n) is 6.33. The molecule has 4 nitrogen and oxygen atoms in total. The third-order valence-electron chi connectivity index (χ3n) is 3.93. The van der Waals surface area contributed by atoms with Gasteiger partial charge in [-0.25, -0.2) is 0 Å². The number of aromatic nitrogens is 1. The molecular weight excluding hydrogens is 294 g/mol. The van der Waals surface area contributed by atoms with Crippen molar-refractivity contribution >= 4 is 21.8 Å². The third kappa shape index (κ3) is 2.47. The fourth-order valence-corrected chi connectivity index (χ4v) is 3.39. The van der Waals surface area contributed by atoms with Crippen molar-refractivity contribution in [1.82, 2.24) is 9.47 Å². The van der Waals surface area contributed by atoms with Gasteiger partial charge in [0, 0.05) is 30.8 Å².